The first-order chi connectivity index (χ1) is 17.2. The Kier molecular flexibility index (Phi) is 6.46. The summed E-state index contributed by atoms with van der Waals surface area (Å²) in [5.41, 5.74) is 1.42. The van der Waals surface area contributed by atoms with Gasteiger partial charge in [0.2, 0.25) is 0 Å². The summed E-state index contributed by atoms with van der Waals surface area (Å²) in [5, 5.41) is 7.19. The van der Waals surface area contributed by atoms with Crippen LogP contribution in [0.1, 0.15) is 59.8 Å². The minimum absolute atomic E-state index is 0.0991. The Bertz CT molecular complexity index is 1230. The van der Waals surface area contributed by atoms with Crippen molar-refractivity contribution in [1.29, 1.82) is 0 Å². The van der Waals surface area contributed by atoms with Crippen molar-refractivity contribution in [3.63, 3.8) is 0 Å². The molecule has 1 saturated carbocycles. The number of hydrogen-bond donors (Lipinski definition) is 1. The lowest BCUT2D eigenvalue weighted by molar-refractivity contribution is -0.137. The van der Waals surface area contributed by atoms with E-state index in [1.54, 1.807) is 12.3 Å². The SMILES string of the molecule is CC1CN(c2ccc(CNC(=O)c3cnn(-c4cccc(C(F)(F)F)c4)c3C3CC3)cn2)CC(C)O1. The third-order valence-corrected chi connectivity index (χ3v) is 6.44. The Balaban J connectivity index is 1.29. The highest BCUT2D eigenvalue weighted by Gasteiger charge is 2.34. The summed E-state index contributed by atoms with van der Waals surface area (Å²) in [6, 6.07) is 8.87. The predicted octanol–water partition coefficient (Wildman–Crippen LogP) is 4.71. The van der Waals surface area contributed by atoms with Gasteiger partial charge in [0.15, 0.2) is 0 Å². The van der Waals surface area contributed by atoms with Gasteiger partial charge in [-0.15, -0.1) is 0 Å². The zero-order valence-corrected chi connectivity index (χ0v) is 20.1. The summed E-state index contributed by atoms with van der Waals surface area (Å²) >= 11 is 0. The van der Waals surface area contributed by atoms with Crippen LogP contribution in [0.2, 0.25) is 0 Å². The summed E-state index contributed by atoms with van der Waals surface area (Å²) in [5.74, 6) is 0.655. The minimum atomic E-state index is -4.45. The third-order valence-electron chi connectivity index (χ3n) is 6.44. The lowest BCUT2D eigenvalue weighted by atomic mass is 10.1. The summed E-state index contributed by atoms with van der Waals surface area (Å²) in [4.78, 5) is 19.8. The van der Waals surface area contributed by atoms with Gasteiger partial charge in [0.25, 0.3) is 5.91 Å². The highest BCUT2D eigenvalue weighted by molar-refractivity contribution is 5.95. The van der Waals surface area contributed by atoms with Crippen LogP contribution in [0.15, 0.2) is 48.8 Å². The van der Waals surface area contributed by atoms with E-state index in [1.807, 2.05) is 26.0 Å². The average molecular weight is 500 g/mol. The Hall–Kier alpha value is -3.40. The van der Waals surface area contributed by atoms with E-state index >= 15 is 0 Å². The number of alkyl halides is 3. The summed E-state index contributed by atoms with van der Waals surface area (Å²) in [7, 11) is 0. The van der Waals surface area contributed by atoms with Crippen molar-refractivity contribution in [2.75, 3.05) is 18.0 Å². The molecular formula is C26H28F3N5O2. The molecule has 0 bridgehead atoms. The van der Waals surface area contributed by atoms with E-state index in [1.165, 1.54) is 16.9 Å². The number of nitrogens with zero attached hydrogens (tertiary/aromatic N) is 4. The van der Waals surface area contributed by atoms with Crippen molar-refractivity contribution in [2.45, 2.75) is 57.5 Å². The quantitative estimate of drug-likeness (QED) is 0.532. The average Bonchev–Trinajstić information content (AvgIpc) is 3.59. The molecule has 190 valence electrons. The van der Waals surface area contributed by atoms with E-state index < -0.39 is 11.7 Å². The third kappa shape index (κ3) is 5.23. The number of aromatic nitrogens is 3. The number of rotatable bonds is 6. The fourth-order valence-corrected chi connectivity index (χ4v) is 4.65. The number of amides is 1. The highest BCUT2D eigenvalue weighted by atomic mass is 19.4. The van der Waals surface area contributed by atoms with Crippen molar-refractivity contribution in [3.05, 3.63) is 71.2 Å². The molecule has 7 nitrogen and oxygen atoms in total. The molecule has 2 fully saturated rings. The van der Waals surface area contributed by atoms with Gasteiger partial charge in [-0.2, -0.15) is 18.3 Å². The largest absolute Gasteiger partial charge is 0.416 e. The van der Waals surface area contributed by atoms with Crippen molar-refractivity contribution < 1.29 is 22.7 Å². The number of nitrogens with one attached hydrogen (secondary N) is 1. The Morgan fingerprint density at radius 2 is 1.86 bits per heavy atom. The number of hydrogen-bond acceptors (Lipinski definition) is 5. The van der Waals surface area contributed by atoms with Crippen LogP contribution in [0.4, 0.5) is 19.0 Å². The topological polar surface area (TPSA) is 72.3 Å². The van der Waals surface area contributed by atoms with Crippen LogP contribution in [0.3, 0.4) is 0 Å². The van der Waals surface area contributed by atoms with Gasteiger partial charge < -0.3 is 15.0 Å². The van der Waals surface area contributed by atoms with Gasteiger partial charge in [-0.1, -0.05) is 12.1 Å². The standard InChI is InChI=1S/C26H28F3N5O2/c1-16-14-33(15-17(2)36-16)23-9-6-18(11-30-23)12-31-25(35)22-13-32-34(24(22)19-7-8-19)21-5-3-4-20(10-21)26(27,28)29/h3-6,9-11,13,16-17,19H,7-8,12,14-15H2,1-2H3,(H,31,35). The minimum Gasteiger partial charge on any atom is -0.372 e. The number of pyridine rings is 1. The molecule has 3 heterocycles. The molecule has 0 spiro atoms. The molecule has 1 amide bonds. The zero-order valence-electron chi connectivity index (χ0n) is 20.1. The molecule has 1 aromatic carbocycles. The smallest absolute Gasteiger partial charge is 0.372 e. The summed E-state index contributed by atoms with van der Waals surface area (Å²) < 4.78 is 46.9. The monoisotopic (exact) mass is 499 g/mol. The zero-order chi connectivity index (χ0) is 25.4. The molecule has 2 atom stereocenters. The number of carbonyl (C=O) groups excluding carboxylic acids is 1. The second-order valence-corrected chi connectivity index (χ2v) is 9.55. The first-order valence-electron chi connectivity index (χ1n) is 12.1. The molecule has 1 aliphatic carbocycles. The molecule has 0 radical (unpaired) electrons. The summed E-state index contributed by atoms with van der Waals surface area (Å²) in [6.45, 7) is 5.90. The first-order valence-corrected chi connectivity index (χ1v) is 12.1. The van der Waals surface area contributed by atoms with Gasteiger partial charge in [-0.25, -0.2) is 9.67 Å². The Morgan fingerprint density at radius 1 is 1.11 bits per heavy atom. The highest BCUT2D eigenvalue weighted by Crippen LogP contribution is 2.43. The number of carbonyl (C=O) groups is 1. The fraction of sp³-hybridized carbons (Fsp3) is 0.423. The van der Waals surface area contributed by atoms with E-state index in [9.17, 15) is 18.0 Å². The van der Waals surface area contributed by atoms with Crippen LogP contribution in [0, 0.1) is 0 Å². The lowest BCUT2D eigenvalue weighted by Crippen LogP contribution is -2.45. The normalized spacial score (nSPS) is 20.4. The number of morpholine rings is 1. The maximum Gasteiger partial charge on any atom is 0.416 e. The number of benzene rings is 1. The van der Waals surface area contributed by atoms with Crippen LogP contribution in [-0.2, 0) is 17.5 Å². The van der Waals surface area contributed by atoms with Crippen LogP contribution in [0.25, 0.3) is 5.69 Å². The first kappa shape index (κ1) is 24.3. The maximum absolute atomic E-state index is 13.2. The molecule has 1 aliphatic heterocycles. The lowest BCUT2D eigenvalue weighted by Gasteiger charge is -2.36. The van der Waals surface area contributed by atoms with Crippen LogP contribution < -0.4 is 10.2 Å². The van der Waals surface area contributed by atoms with Gasteiger partial charge in [0.1, 0.15) is 5.82 Å². The molecule has 5 rings (SSSR count). The maximum atomic E-state index is 13.2. The van der Waals surface area contributed by atoms with E-state index in [-0.39, 0.29) is 36.3 Å². The van der Waals surface area contributed by atoms with Crippen LogP contribution in [0.5, 0.6) is 0 Å². The Labute approximate surface area is 207 Å². The number of ether oxygens (including phenoxy) is 1. The molecule has 2 aromatic heterocycles. The molecular weight excluding hydrogens is 471 g/mol. The molecule has 36 heavy (non-hydrogen) atoms. The van der Waals surface area contributed by atoms with Gasteiger partial charge in [-0.05, 0) is 56.5 Å². The summed E-state index contributed by atoms with van der Waals surface area (Å²) in [6.07, 6.45) is 0.730. The van der Waals surface area contributed by atoms with E-state index in [2.05, 4.69) is 20.3 Å². The van der Waals surface area contributed by atoms with Gasteiger partial charge in [0.05, 0.1) is 40.9 Å². The Morgan fingerprint density at radius 3 is 2.50 bits per heavy atom. The van der Waals surface area contributed by atoms with Crippen molar-refractivity contribution in [2.24, 2.45) is 0 Å². The van der Waals surface area contributed by atoms with Gasteiger partial charge in [-0.3, -0.25) is 4.79 Å². The molecule has 10 heteroatoms. The van der Waals surface area contributed by atoms with Crippen molar-refractivity contribution >= 4 is 11.7 Å². The van der Waals surface area contributed by atoms with E-state index in [0.717, 1.165) is 49.4 Å². The predicted molar refractivity (Wildman–Crippen MR) is 128 cm³/mol. The molecule has 1 N–H and O–H groups in total. The molecule has 2 aliphatic rings. The second-order valence-electron chi connectivity index (χ2n) is 9.55. The fourth-order valence-electron chi connectivity index (χ4n) is 4.65. The van der Waals surface area contributed by atoms with Gasteiger partial charge >= 0.3 is 6.18 Å². The number of anilines is 1. The van der Waals surface area contributed by atoms with Crippen molar-refractivity contribution in [1.82, 2.24) is 20.1 Å². The second kappa shape index (κ2) is 9.57. The van der Waals surface area contributed by atoms with Crippen molar-refractivity contribution in [3.8, 4) is 5.69 Å². The van der Waals surface area contributed by atoms with Crippen LogP contribution >= 0.6 is 0 Å². The van der Waals surface area contributed by atoms with E-state index in [0.29, 0.717) is 11.3 Å². The van der Waals surface area contributed by atoms with Gasteiger partial charge in [0, 0.05) is 31.7 Å². The molecule has 2 unspecified atom stereocenters. The van der Waals surface area contributed by atoms with E-state index in [4.69, 9.17) is 4.74 Å². The molecule has 3 aromatic rings. The number of halogens is 3. The molecule has 1 saturated heterocycles. The van der Waals surface area contributed by atoms with Crippen LogP contribution in [-0.4, -0.2) is 46.0 Å².